The predicted octanol–water partition coefficient (Wildman–Crippen LogP) is 2.49. The first-order valence-corrected chi connectivity index (χ1v) is 8.38. The second-order valence-electron chi connectivity index (χ2n) is 5.04. The minimum absolute atomic E-state index is 0.0703. The second-order valence-corrected chi connectivity index (χ2v) is 5.99. The molecule has 0 radical (unpaired) electrons. The highest BCUT2D eigenvalue weighted by Crippen LogP contribution is 2.21. The van der Waals surface area contributed by atoms with Crippen molar-refractivity contribution in [1.82, 2.24) is 15.5 Å². The Kier molecular flexibility index (Phi) is 6.74. The number of aromatic nitrogens is 2. The Morgan fingerprint density at radius 3 is 2.87 bits per heavy atom. The van der Waals surface area contributed by atoms with Crippen LogP contribution in [0.2, 0.25) is 0 Å². The van der Waals surface area contributed by atoms with Crippen molar-refractivity contribution in [3.05, 3.63) is 23.4 Å². The largest absolute Gasteiger partial charge is 0.481 e. The van der Waals surface area contributed by atoms with Crippen LogP contribution >= 0.6 is 11.3 Å². The number of thiophene rings is 1. The summed E-state index contributed by atoms with van der Waals surface area (Å²) < 4.78 is 5.13. The van der Waals surface area contributed by atoms with Crippen molar-refractivity contribution in [1.29, 1.82) is 0 Å². The van der Waals surface area contributed by atoms with Gasteiger partial charge < -0.3 is 14.9 Å². The van der Waals surface area contributed by atoms with Crippen LogP contribution in [-0.4, -0.2) is 33.7 Å². The molecule has 2 heterocycles. The van der Waals surface area contributed by atoms with Crippen LogP contribution in [0.5, 0.6) is 0 Å². The van der Waals surface area contributed by atoms with Gasteiger partial charge in [0.1, 0.15) is 0 Å². The number of aryl methyl sites for hydroxylation is 1. The van der Waals surface area contributed by atoms with Crippen LogP contribution in [0.3, 0.4) is 0 Å². The van der Waals surface area contributed by atoms with E-state index in [4.69, 9.17) is 9.63 Å². The van der Waals surface area contributed by atoms with Gasteiger partial charge in [-0.05, 0) is 24.3 Å². The molecule has 2 aromatic heterocycles. The third kappa shape index (κ3) is 6.19. The van der Waals surface area contributed by atoms with Crippen molar-refractivity contribution >= 4 is 23.2 Å². The summed E-state index contributed by atoms with van der Waals surface area (Å²) in [5.74, 6) is 0.147. The van der Waals surface area contributed by atoms with E-state index < -0.39 is 5.97 Å². The Morgan fingerprint density at radius 1 is 1.26 bits per heavy atom. The molecule has 0 saturated carbocycles. The van der Waals surface area contributed by atoms with Crippen molar-refractivity contribution in [3.63, 3.8) is 0 Å². The first kappa shape index (κ1) is 17.1. The van der Waals surface area contributed by atoms with Crippen molar-refractivity contribution in [2.75, 3.05) is 6.54 Å². The fraction of sp³-hybridized carbons (Fsp3) is 0.467. The summed E-state index contributed by atoms with van der Waals surface area (Å²) in [6.45, 7) is 0.558. The summed E-state index contributed by atoms with van der Waals surface area (Å²) in [5.41, 5.74) is 0. The Labute approximate surface area is 137 Å². The highest BCUT2D eigenvalue weighted by molar-refractivity contribution is 7.13. The number of carbonyl (C=O) groups is 2. The Balaban J connectivity index is 1.60. The van der Waals surface area contributed by atoms with Gasteiger partial charge in [-0.25, -0.2) is 0 Å². The van der Waals surface area contributed by atoms with Gasteiger partial charge in [-0.3, -0.25) is 9.59 Å². The lowest BCUT2D eigenvalue weighted by atomic mass is 10.2. The first-order valence-electron chi connectivity index (χ1n) is 7.50. The minimum atomic E-state index is -0.782. The monoisotopic (exact) mass is 337 g/mol. The maximum atomic E-state index is 11.7. The second kappa shape index (κ2) is 9.04. The maximum Gasteiger partial charge on any atom is 0.303 e. The molecule has 0 aliphatic carbocycles. The van der Waals surface area contributed by atoms with Gasteiger partial charge in [-0.2, -0.15) is 4.98 Å². The zero-order valence-corrected chi connectivity index (χ0v) is 13.5. The molecule has 2 aromatic rings. The molecule has 0 atom stereocenters. The Hall–Kier alpha value is -2.22. The molecule has 1 amide bonds. The molecule has 2 rings (SSSR count). The summed E-state index contributed by atoms with van der Waals surface area (Å²) in [5, 5.41) is 17.1. The van der Waals surface area contributed by atoms with Gasteiger partial charge in [-0.1, -0.05) is 17.6 Å². The smallest absolute Gasteiger partial charge is 0.303 e. The Bertz CT molecular complexity index is 624. The number of carboxylic acids is 1. The number of nitrogens with zero attached hydrogens (tertiary/aromatic N) is 2. The molecule has 0 spiro atoms. The number of aliphatic carboxylic acids is 1. The third-order valence-electron chi connectivity index (χ3n) is 3.17. The van der Waals surface area contributed by atoms with E-state index in [1.807, 2.05) is 17.5 Å². The predicted molar refractivity (Wildman–Crippen MR) is 85.0 cm³/mol. The van der Waals surface area contributed by atoms with E-state index in [0.717, 1.165) is 17.7 Å². The third-order valence-corrected chi connectivity index (χ3v) is 4.03. The molecule has 0 bridgehead atoms. The van der Waals surface area contributed by atoms with Gasteiger partial charge in [0.05, 0.1) is 4.88 Å². The molecule has 0 aliphatic heterocycles. The van der Waals surface area contributed by atoms with Gasteiger partial charge in [0.15, 0.2) is 0 Å². The number of rotatable bonds is 10. The summed E-state index contributed by atoms with van der Waals surface area (Å²) >= 11 is 1.53. The van der Waals surface area contributed by atoms with Crippen molar-refractivity contribution < 1.29 is 19.2 Å². The molecule has 2 N–H and O–H groups in total. The van der Waals surface area contributed by atoms with Crippen LogP contribution in [0.25, 0.3) is 10.7 Å². The van der Waals surface area contributed by atoms with Crippen molar-refractivity contribution in [3.8, 4) is 10.7 Å². The van der Waals surface area contributed by atoms with E-state index >= 15 is 0 Å². The Morgan fingerprint density at radius 2 is 2.13 bits per heavy atom. The number of amides is 1. The van der Waals surface area contributed by atoms with Crippen LogP contribution in [-0.2, 0) is 16.0 Å². The maximum absolute atomic E-state index is 11.7. The number of carbonyl (C=O) groups excluding carboxylic acids is 1. The van der Waals surface area contributed by atoms with Crippen LogP contribution in [0.4, 0.5) is 0 Å². The van der Waals surface area contributed by atoms with Crippen LogP contribution < -0.4 is 5.32 Å². The molecule has 0 saturated heterocycles. The van der Waals surface area contributed by atoms with Gasteiger partial charge >= 0.3 is 5.97 Å². The number of carboxylic acid groups (broad SMARTS) is 1. The molecular weight excluding hydrogens is 318 g/mol. The topological polar surface area (TPSA) is 105 Å². The normalized spacial score (nSPS) is 10.6. The van der Waals surface area contributed by atoms with Crippen molar-refractivity contribution in [2.45, 2.75) is 38.5 Å². The zero-order valence-electron chi connectivity index (χ0n) is 12.7. The molecule has 8 heteroatoms. The standard InChI is InChI=1S/C15H19N3O4S/c19-12(16-9-3-1-2-6-14(20)21)7-8-13-17-15(18-22-13)11-5-4-10-23-11/h4-5,10H,1-3,6-9H2,(H,16,19)(H,20,21). The summed E-state index contributed by atoms with van der Waals surface area (Å²) in [7, 11) is 0. The highest BCUT2D eigenvalue weighted by Gasteiger charge is 2.11. The van der Waals surface area contributed by atoms with Crippen molar-refractivity contribution in [2.24, 2.45) is 0 Å². The minimum Gasteiger partial charge on any atom is -0.481 e. The van der Waals surface area contributed by atoms with Crippen LogP contribution in [0.1, 0.15) is 38.0 Å². The SMILES string of the molecule is O=C(O)CCCCCNC(=O)CCc1nc(-c2cccs2)no1. The molecule has 0 fully saturated rings. The van der Waals surface area contributed by atoms with E-state index in [9.17, 15) is 9.59 Å². The number of hydrogen-bond acceptors (Lipinski definition) is 6. The number of nitrogens with one attached hydrogen (secondary N) is 1. The van der Waals surface area contributed by atoms with Gasteiger partial charge in [0.25, 0.3) is 0 Å². The molecule has 7 nitrogen and oxygen atoms in total. The zero-order chi connectivity index (χ0) is 16.5. The lowest BCUT2D eigenvalue weighted by Gasteiger charge is -2.03. The van der Waals surface area contributed by atoms with E-state index in [2.05, 4.69) is 15.5 Å². The average Bonchev–Trinajstić information content (AvgIpc) is 3.18. The lowest BCUT2D eigenvalue weighted by Crippen LogP contribution is -2.24. The van der Waals surface area contributed by atoms with E-state index in [0.29, 0.717) is 37.5 Å². The summed E-state index contributed by atoms with van der Waals surface area (Å²) in [4.78, 5) is 27.2. The molecular formula is C15H19N3O4S. The number of unbranched alkanes of at least 4 members (excludes halogenated alkanes) is 2. The summed E-state index contributed by atoms with van der Waals surface area (Å²) in [6, 6.07) is 3.83. The highest BCUT2D eigenvalue weighted by atomic mass is 32.1. The fourth-order valence-electron chi connectivity index (χ4n) is 1.98. The lowest BCUT2D eigenvalue weighted by molar-refractivity contribution is -0.137. The quantitative estimate of drug-likeness (QED) is 0.645. The molecule has 23 heavy (non-hydrogen) atoms. The van der Waals surface area contributed by atoms with E-state index in [1.165, 1.54) is 11.3 Å². The van der Waals surface area contributed by atoms with Crippen LogP contribution in [0.15, 0.2) is 22.0 Å². The van der Waals surface area contributed by atoms with E-state index in [1.54, 1.807) is 0 Å². The molecule has 0 aliphatic rings. The first-order chi connectivity index (χ1) is 11.1. The van der Waals surface area contributed by atoms with Crippen LogP contribution in [0, 0.1) is 0 Å². The summed E-state index contributed by atoms with van der Waals surface area (Å²) in [6.07, 6.45) is 3.09. The van der Waals surface area contributed by atoms with Gasteiger partial charge in [-0.15, -0.1) is 11.3 Å². The fourth-order valence-corrected chi connectivity index (χ4v) is 2.63. The van der Waals surface area contributed by atoms with Gasteiger partial charge in [0.2, 0.25) is 17.6 Å². The van der Waals surface area contributed by atoms with E-state index in [-0.39, 0.29) is 12.3 Å². The van der Waals surface area contributed by atoms with Gasteiger partial charge in [0, 0.05) is 25.8 Å². The number of hydrogen-bond donors (Lipinski definition) is 2. The molecule has 0 aromatic carbocycles. The average molecular weight is 337 g/mol. The molecule has 124 valence electrons. The molecule has 0 unspecified atom stereocenters.